The van der Waals surface area contributed by atoms with Gasteiger partial charge in [-0.25, -0.2) is 4.99 Å². The number of ether oxygens (including phenoxy) is 1. The molecule has 2 aromatic carbocycles. The number of aryl methyl sites for hydroxylation is 1. The van der Waals surface area contributed by atoms with Crippen LogP contribution in [0.15, 0.2) is 59.6 Å². The maximum Gasteiger partial charge on any atom is 0.193 e. The monoisotopic (exact) mass is 491 g/mol. The molecule has 3 aromatic rings. The number of benzene rings is 2. The van der Waals surface area contributed by atoms with Gasteiger partial charge in [0.05, 0.1) is 25.9 Å². The van der Waals surface area contributed by atoms with Crippen molar-refractivity contribution in [2.24, 2.45) is 10.7 Å². The second kappa shape index (κ2) is 10.1. The van der Waals surface area contributed by atoms with Crippen molar-refractivity contribution in [2.75, 3.05) is 12.4 Å². The van der Waals surface area contributed by atoms with Crippen LogP contribution in [0, 0.1) is 13.8 Å². The van der Waals surface area contributed by atoms with Crippen molar-refractivity contribution in [3.05, 3.63) is 77.1 Å². The van der Waals surface area contributed by atoms with Crippen LogP contribution in [-0.2, 0) is 13.1 Å². The van der Waals surface area contributed by atoms with E-state index in [1.165, 1.54) is 5.56 Å². The van der Waals surface area contributed by atoms with Crippen LogP contribution in [0.5, 0.6) is 5.75 Å². The first-order valence-corrected chi connectivity index (χ1v) is 8.84. The molecule has 0 unspecified atom stereocenters. The molecule has 0 saturated heterocycles. The maximum atomic E-state index is 6.05. The number of methoxy groups -OCH3 is 1. The molecule has 1 aromatic heterocycles. The van der Waals surface area contributed by atoms with Gasteiger partial charge in [-0.15, -0.1) is 24.0 Å². The van der Waals surface area contributed by atoms with Crippen LogP contribution in [-0.4, -0.2) is 22.8 Å². The lowest BCUT2D eigenvalue weighted by Gasteiger charge is -2.08. The third-order valence-corrected chi connectivity index (χ3v) is 4.46. The molecule has 1 heterocycles. The Labute approximate surface area is 182 Å². The van der Waals surface area contributed by atoms with Crippen molar-refractivity contribution >= 4 is 35.6 Å². The third-order valence-electron chi connectivity index (χ3n) is 4.46. The molecule has 0 bridgehead atoms. The number of hydrogen-bond acceptors (Lipinski definition) is 3. The quantitative estimate of drug-likeness (QED) is 0.309. The summed E-state index contributed by atoms with van der Waals surface area (Å²) >= 11 is 0. The molecule has 0 atom stereocenters. The van der Waals surface area contributed by atoms with Crippen LogP contribution in [0.4, 0.5) is 5.69 Å². The highest BCUT2D eigenvalue weighted by molar-refractivity contribution is 14.0. The molecule has 0 amide bonds. The van der Waals surface area contributed by atoms with Crippen LogP contribution in [0.3, 0.4) is 0 Å². The molecule has 0 aliphatic heterocycles. The third kappa shape index (κ3) is 5.48. The Hall–Kier alpha value is -2.55. The minimum absolute atomic E-state index is 0. The van der Waals surface area contributed by atoms with E-state index < -0.39 is 0 Å². The van der Waals surface area contributed by atoms with E-state index in [2.05, 4.69) is 34.5 Å². The second-order valence-electron chi connectivity index (χ2n) is 6.35. The molecule has 148 valence electrons. The fourth-order valence-electron chi connectivity index (χ4n) is 2.93. The van der Waals surface area contributed by atoms with E-state index in [-0.39, 0.29) is 24.0 Å². The van der Waals surface area contributed by atoms with Crippen molar-refractivity contribution in [2.45, 2.75) is 26.9 Å². The smallest absolute Gasteiger partial charge is 0.193 e. The zero-order valence-electron chi connectivity index (χ0n) is 16.3. The summed E-state index contributed by atoms with van der Waals surface area (Å²) in [5.74, 6) is 1.12. The van der Waals surface area contributed by atoms with E-state index in [1.807, 2.05) is 54.1 Å². The summed E-state index contributed by atoms with van der Waals surface area (Å²) in [7, 11) is 1.63. The minimum Gasteiger partial charge on any atom is -0.497 e. The van der Waals surface area contributed by atoms with Crippen molar-refractivity contribution in [1.82, 2.24) is 9.78 Å². The van der Waals surface area contributed by atoms with Crippen LogP contribution >= 0.6 is 24.0 Å². The molecule has 7 heteroatoms. The van der Waals surface area contributed by atoms with Gasteiger partial charge in [0, 0.05) is 23.0 Å². The number of nitrogens with two attached hydrogens (primary N) is 1. The lowest BCUT2D eigenvalue weighted by Crippen LogP contribution is -2.22. The van der Waals surface area contributed by atoms with Gasteiger partial charge in [-0.05, 0) is 31.5 Å². The van der Waals surface area contributed by atoms with Gasteiger partial charge in [0.1, 0.15) is 5.75 Å². The summed E-state index contributed by atoms with van der Waals surface area (Å²) in [5, 5.41) is 7.75. The molecule has 0 aliphatic carbocycles. The van der Waals surface area contributed by atoms with Crippen LogP contribution in [0.2, 0.25) is 0 Å². The van der Waals surface area contributed by atoms with Crippen molar-refractivity contribution in [3.63, 3.8) is 0 Å². The summed E-state index contributed by atoms with van der Waals surface area (Å²) < 4.78 is 7.23. The lowest BCUT2D eigenvalue weighted by molar-refractivity contribution is 0.415. The van der Waals surface area contributed by atoms with Gasteiger partial charge in [0.15, 0.2) is 5.96 Å². The number of anilines is 1. The second-order valence-corrected chi connectivity index (χ2v) is 6.35. The molecule has 6 nitrogen and oxygen atoms in total. The standard InChI is InChI=1S/C21H25N5O.HI/c1-15-20(16(2)26(25-15)14-17-8-5-4-6-9-17)13-23-21(22)24-18-10-7-11-19(12-18)27-3;/h4-12H,13-14H2,1-3H3,(H3,22,23,24);1H. The average molecular weight is 491 g/mol. The van der Waals surface area contributed by atoms with Gasteiger partial charge in [0.2, 0.25) is 0 Å². The Morgan fingerprint density at radius 3 is 2.61 bits per heavy atom. The van der Waals surface area contributed by atoms with Crippen molar-refractivity contribution < 1.29 is 4.74 Å². The summed E-state index contributed by atoms with van der Waals surface area (Å²) in [6.07, 6.45) is 0. The Balaban J connectivity index is 0.00000280. The maximum absolute atomic E-state index is 6.05. The number of hydrogen-bond donors (Lipinski definition) is 2. The van der Waals surface area contributed by atoms with Crippen LogP contribution in [0.25, 0.3) is 0 Å². The minimum atomic E-state index is 0. The highest BCUT2D eigenvalue weighted by Gasteiger charge is 2.11. The zero-order valence-corrected chi connectivity index (χ0v) is 18.7. The number of aliphatic imine (C=N–C) groups is 1. The summed E-state index contributed by atoms with van der Waals surface area (Å²) in [4.78, 5) is 4.48. The fraction of sp³-hybridized carbons (Fsp3) is 0.238. The fourth-order valence-corrected chi connectivity index (χ4v) is 2.93. The summed E-state index contributed by atoms with van der Waals surface area (Å²) in [6.45, 7) is 5.30. The molecule has 3 rings (SSSR count). The first-order chi connectivity index (χ1) is 13.1. The summed E-state index contributed by atoms with van der Waals surface area (Å²) in [6, 6.07) is 17.9. The van der Waals surface area contributed by atoms with E-state index in [4.69, 9.17) is 10.5 Å². The number of rotatable bonds is 6. The highest BCUT2D eigenvalue weighted by atomic mass is 127. The first kappa shape index (κ1) is 21.7. The van der Waals surface area contributed by atoms with E-state index in [1.54, 1.807) is 7.11 Å². The van der Waals surface area contributed by atoms with Gasteiger partial charge in [0.25, 0.3) is 0 Å². The normalized spacial score (nSPS) is 11.0. The average Bonchev–Trinajstić information content (AvgIpc) is 2.94. The van der Waals surface area contributed by atoms with E-state index in [0.29, 0.717) is 12.5 Å². The lowest BCUT2D eigenvalue weighted by atomic mass is 10.2. The number of halogens is 1. The first-order valence-electron chi connectivity index (χ1n) is 8.84. The molecule has 0 saturated carbocycles. The molecular weight excluding hydrogens is 465 g/mol. The zero-order chi connectivity index (χ0) is 19.2. The van der Waals surface area contributed by atoms with Gasteiger partial charge in [-0.3, -0.25) is 4.68 Å². The molecule has 3 N–H and O–H groups in total. The molecule has 0 fully saturated rings. The van der Waals surface area contributed by atoms with Gasteiger partial charge >= 0.3 is 0 Å². The Morgan fingerprint density at radius 2 is 1.89 bits per heavy atom. The van der Waals surface area contributed by atoms with E-state index in [9.17, 15) is 0 Å². The van der Waals surface area contributed by atoms with Gasteiger partial charge in [-0.1, -0.05) is 36.4 Å². The van der Waals surface area contributed by atoms with Crippen LogP contribution < -0.4 is 15.8 Å². The molecule has 0 aliphatic rings. The van der Waals surface area contributed by atoms with Crippen molar-refractivity contribution in [3.8, 4) is 5.75 Å². The highest BCUT2D eigenvalue weighted by Crippen LogP contribution is 2.18. The van der Waals surface area contributed by atoms with Crippen molar-refractivity contribution in [1.29, 1.82) is 0 Å². The Morgan fingerprint density at radius 1 is 1.14 bits per heavy atom. The van der Waals surface area contributed by atoms with E-state index in [0.717, 1.165) is 34.9 Å². The predicted octanol–water partition coefficient (Wildman–Crippen LogP) is 4.10. The number of nitrogens with zero attached hydrogens (tertiary/aromatic N) is 3. The number of guanidine groups is 1. The van der Waals surface area contributed by atoms with E-state index >= 15 is 0 Å². The topological polar surface area (TPSA) is 77.5 Å². The molecule has 0 radical (unpaired) electrons. The van der Waals surface area contributed by atoms with Gasteiger partial charge < -0.3 is 15.8 Å². The number of aromatic nitrogens is 2. The van der Waals surface area contributed by atoms with Gasteiger partial charge in [-0.2, -0.15) is 5.10 Å². The number of nitrogens with one attached hydrogen (secondary N) is 1. The Kier molecular flexibility index (Phi) is 7.86. The summed E-state index contributed by atoms with van der Waals surface area (Å²) in [5.41, 5.74) is 11.3. The predicted molar refractivity (Wildman–Crippen MR) is 125 cm³/mol. The SMILES string of the molecule is COc1cccc(NC(N)=NCc2c(C)nn(Cc3ccccc3)c2C)c1.I. The Bertz CT molecular complexity index is 937. The van der Waals surface area contributed by atoms with Crippen LogP contribution in [0.1, 0.15) is 22.5 Å². The largest absolute Gasteiger partial charge is 0.497 e. The molecule has 28 heavy (non-hydrogen) atoms. The molecule has 0 spiro atoms. The molecular formula is C21H26IN5O.